The molecule has 0 aromatic heterocycles. The van der Waals surface area contributed by atoms with E-state index in [1.165, 1.54) is 0 Å². The van der Waals surface area contributed by atoms with Crippen LogP contribution < -0.4 is 5.73 Å². The summed E-state index contributed by atoms with van der Waals surface area (Å²) in [6, 6.07) is -3.91. The van der Waals surface area contributed by atoms with Gasteiger partial charge in [-0.25, -0.2) is 0 Å². The molecule has 0 heterocycles. The SMILES string of the molecule is NC(=O)CC(C(=O)O)N(CCN(CP(=O)(O)O)CP(=O)(O)O)C(CC(=O)O)C(=O)O. The van der Waals surface area contributed by atoms with Gasteiger partial charge in [-0.05, 0) is 0 Å². The Kier molecular flexibility index (Phi) is 10.8. The number of hydrogen-bond acceptors (Lipinski definition) is 8. The Bertz CT molecular complexity index is 690. The number of nitrogens with zero attached hydrogens (tertiary/aromatic N) is 2. The summed E-state index contributed by atoms with van der Waals surface area (Å²) in [4.78, 5) is 82.6. The number of hydrogen-bond donors (Lipinski definition) is 8. The molecule has 0 spiro atoms. The van der Waals surface area contributed by atoms with Gasteiger partial charge in [-0.1, -0.05) is 0 Å². The zero-order valence-electron chi connectivity index (χ0n) is 15.3. The molecule has 16 nitrogen and oxygen atoms in total. The van der Waals surface area contributed by atoms with Gasteiger partial charge >= 0.3 is 33.1 Å². The molecule has 0 aromatic rings. The molecule has 0 saturated heterocycles. The van der Waals surface area contributed by atoms with Crippen molar-refractivity contribution >= 4 is 39.0 Å². The first kappa shape index (κ1) is 28.1. The zero-order chi connectivity index (χ0) is 23.9. The minimum Gasteiger partial charge on any atom is -0.481 e. The maximum Gasteiger partial charge on any atom is 0.339 e. The van der Waals surface area contributed by atoms with Gasteiger partial charge in [0.25, 0.3) is 0 Å². The third-order valence-electron chi connectivity index (χ3n) is 3.58. The van der Waals surface area contributed by atoms with E-state index < -0.39 is 89.6 Å². The lowest BCUT2D eigenvalue weighted by atomic mass is 10.1. The van der Waals surface area contributed by atoms with Crippen LogP contribution in [0.2, 0.25) is 0 Å². The third kappa shape index (κ3) is 11.9. The standard InChI is InChI=1S/C12H23N3O13P2/c13-9(16)3-7(11(19)20)15(8(12(21)22)4-10(17)18)2-1-14(5-29(23,24)25)6-30(26,27)28/h7-8H,1-6H2,(H2,13,16)(H,17,18)(H,19,20)(H,21,22)(H2,23,24,25)(H2,26,27,28). The normalized spacial score (nSPS) is 14.5. The largest absolute Gasteiger partial charge is 0.481 e. The Hall–Kier alpha value is -1.90. The lowest BCUT2D eigenvalue weighted by Gasteiger charge is -2.34. The minimum atomic E-state index is -4.84. The van der Waals surface area contributed by atoms with Crippen molar-refractivity contribution in [2.75, 3.05) is 25.7 Å². The molecule has 1 amide bonds. The van der Waals surface area contributed by atoms with Crippen LogP contribution in [0, 0.1) is 0 Å². The van der Waals surface area contributed by atoms with E-state index >= 15 is 0 Å². The molecule has 0 aliphatic rings. The highest BCUT2D eigenvalue weighted by Gasteiger charge is 2.38. The topological polar surface area (TPSA) is 277 Å². The Labute approximate surface area is 169 Å². The first-order valence-corrected chi connectivity index (χ1v) is 11.6. The van der Waals surface area contributed by atoms with E-state index in [1.807, 2.05) is 0 Å². The molecule has 0 radical (unpaired) electrons. The van der Waals surface area contributed by atoms with Crippen LogP contribution >= 0.6 is 15.2 Å². The van der Waals surface area contributed by atoms with Crippen molar-refractivity contribution in [1.82, 2.24) is 9.80 Å². The molecule has 0 aromatic carbocycles. The monoisotopic (exact) mass is 479 g/mol. The maximum absolute atomic E-state index is 11.5. The number of carboxylic acid groups (broad SMARTS) is 3. The lowest BCUT2D eigenvalue weighted by molar-refractivity contribution is -0.156. The average molecular weight is 479 g/mol. The van der Waals surface area contributed by atoms with Gasteiger partial charge < -0.3 is 40.6 Å². The highest BCUT2D eigenvalue weighted by molar-refractivity contribution is 7.52. The van der Waals surface area contributed by atoms with Gasteiger partial charge in [0.15, 0.2) is 0 Å². The van der Waals surface area contributed by atoms with Crippen LogP contribution in [0.5, 0.6) is 0 Å². The van der Waals surface area contributed by atoms with E-state index in [-0.39, 0.29) is 0 Å². The third-order valence-corrected chi connectivity index (χ3v) is 5.11. The quantitative estimate of drug-likeness (QED) is 0.109. The minimum absolute atomic E-state index is 0.551. The zero-order valence-corrected chi connectivity index (χ0v) is 17.1. The molecule has 174 valence electrons. The number of carboxylic acids is 3. The van der Waals surface area contributed by atoms with Crippen molar-refractivity contribution in [2.24, 2.45) is 5.73 Å². The lowest BCUT2D eigenvalue weighted by Crippen LogP contribution is -2.54. The van der Waals surface area contributed by atoms with Crippen LogP contribution in [0.1, 0.15) is 12.8 Å². The second-order valence-electron chi connectivity index (χ2n) is 6.22. The van der Waals surface area contributed by atoms with Crippen LogP contribution in [-0.4, -0.2) is 106 Å². The number of primary amides is 1. The van der Waals surface area contributed by atoms with Gasteiger partial charge in [-0.3, -0.25) is 38.1 Å². The Morgan fingerprint density at radius 2 is 1.17 bits per heavy atom. The fraction of sp³-hybridized carbons (Fsp3) is 0.667. The predicted octanol–water partition coefficient (Wildman–Crippen LogP) is -2.88. The van der Waals surface area contributed by atoms with E-state index in [9.17, 15) is 38.5 Å². The summed E-state index contributed by atoms with van der Waals surface area (Å²) in [5.74, 6) is -6.29. The van der Waals surface area contributed by atoms with Crippen molar-refractivity contribution in [2.45, 2.75) is 24.9 Å². The molecule has 2 atom stereocenters. The van der Waals surface area contributed by atoms with Crippen molar-refractivity contribution < 1.29 is 63.2 Å². The number of aliphatic carboxylic acids is 3. The van der Waals surface area contributed by atoms with Crippen LogP contribution in [0.4, 0.5) is 0 Å². The second-order valence-corrected chi connectivity index (χ2v) is 9.45. The molecule has 0 saturated carbocycles. The number of rotatable bonds is 15. The molecule has 9 N–H and O–H groups in total. The molecule has 0 aliphatic heterocycles. The van der Waals surface area contributed by atoms with E-state index in [0.29, 0.717) is 9.80 Å². The molecule has 0 fully saturated rings. The number of carbonyl (C=O) groups is 4. The second kappa shape index (κ2) is 11.5. The fourth-order valence-corrected chi connectivity index (χ4v) is 4.22. The van der Waals surface area contributed by atoms with Crippen LogP contribution in [0.25, 0.3) is 0 Å². The summed E-state index contributed by atoms with van der Waals surface area (Å²) in [6.07, 6.45) is -4.34. The Morgan fingerprint density at radius 1 is 0.767 bits per heavy atom. The fourth-order valence-electron chi connectivity index (χ4n) is 2.54. The molecule has 2 unspecified atom stereocenters. The maximum atomic E-state index is 11.5. The van der Waals surface area contributed by atoms with Crippen LogP contribution in [0.3, 0.4) is 0 Å². The molecular formula is C12H23N3O13P2. The Balaban J connectivity index is 5.96. The van der Waals surface area contributed by atoms with Gasteiger partial charge in [0, 0.05) is 13.1 Å². The summed E-state index contributed by atoms with van der Waals surface area (Å²) >= 11 is 0. The summed E-state index contributed by atoms with van der Waals surface area (Å²) in [5.41, 5.74) is 4.96. The van der Waals surface area contributed by atoms with Gasteiger partial charge in [0.1, 0.15) is 24.7 Å². The molecule has 30 heavy (non-hydrogen) atoms. The summed E-state index contributed by atoms with van der Waals surface area (Å²) in [6.45, 7) is -1.41. The molecule has 18 heteroatoms. The first-order valence-electron chi connectivity index (χ1n) is 7.96. The molecule has 0 bridgehead atoms. The smallest absolute Gasteiger partial charge is 0.339 e. The first-order chi connectivity index (χ1) is 13.4. The van der Waals surface area contributed by atoms with E-state index in [2.05, 4.69) is 0 Å². The van der Waals surface area contributed by atoms with E-state index in [1.54, 1.807) is 0 Å². The summed E-state index contributed by atoms with van der Waals surface area (Å²) in [5, 5.41) is 27.6. The van der Waals surface area contributed by atoms with Gasteiger partial charge in [0.2, 0.25) is 5.91 Å². The van der Waals surface area contributed by atoms with Gasteiger partial charge in [0.05, 0.1) is 12.8 Å². The molecule has 0 rings (SSSR count). The van der Waals surface area contributed by atoms with Gasteiger partial charge in [-0.15, -0.1) is 0 Å². The average Bonchev–Trinajstić information content (AvgIpc) is 2.48. The van der Waals surface area contributed by atoms with E-state index in [4.69, 9.17) is 30.4 Å². The summed E-state index contributed by atoms with van der Waals surface area (Å²) in [7, 11) is -9.67. The van der Waals surface area contributed by atoms with Crippen molar-refractivity contribution in [3.8, 4) is 0 Å². The summed E-state index contributed by atoms with van der Waals surface area (Å²) < 4.78 is 22.4. The molecule has 0 aliphatic carbocycles. The highest BCUT2D eigenvalue weighted by atomic mass is 31.2. The van der Waals surface area contributed by atoms with Crippen molar-refractivity contribution in [1.29, 1.82) is 0 Å². The van der Waals surface area contributed by atoms with Crippen LogP contribution in [-0.2, 0) is 28.3 Å². The number of amides is 1. The van der Waals surface area contributed by atoms with E-state index in [0.717, 1.165) is 0 Å². The molecular weight excluding hydrogens is 456 g/mol. The number of carbonyl (C=O) groups excluding carboxylic acids is 1. The van der Waals surface area contributed by atoms with Crippen molar-refractivity contribution in [3.05, 3.63) is 0 Å². The van der Waals surface area contributed by atoms with Crippen LogP contribution in [0.15, 0.2) is 0 Å². The van der Waals surface area contributed by atoms with Crippen molar-refractivity contribution in [3.63, 3.8) is 0 Å². The Morgan fingerprint density at radius 3 is 1.47 bits per heavy atom. The number of nitrogens with two attached hydrogens (primary N) is 1. The highest BCUT2D eigenvalue weighted by Crippen LogP contribution is 2.40. The predicted molar refractivity (Wildman–Crippen MR) is 96.1 cm³/mol. The van der Waals surface area contributed by atoms with Gasteiger partial charge in [-0.2, -0.15) is 0 Å².